The van der Waals surface area contributed by atoms with Gasteiger partial charge in [-0.1, -0.05) is 34.1 Å². The van der Waals surface area contributed by atoms with Gasteiger partial charge >= 0.3 is 0 Å². The molecule has 0 spiro atoms. The van der Waals surface area contributed by atoms with Crippen molar-refractivity contribution >= 4 is 48.4 Å². The Morgan fingerprint density at radius 3 is 2.37 bits per heavy atom. The minimum Gasteiger partial charge on any atom is -0.446 e. The molecule has 0 atom stereocenters. The molecule has 3 aromatic rings. The van der Waals surface area contributed by atoms with Crippen molar-refractivity contribution in [1.82, 2.24) is 0 Å². The molecule has 0 bridgehead atoms. The molecular formula is C15H8Br2O2. The third-order valence-corrected chi connectivity index (χ3v) is 3.78. The van der Waals surface area contributed by atoms with E-state index in [1.807, 2.05) is 36.4 Å². The van der Waals surface area contributed by atoms with Gasteiger partial charge in [-0.15, -0.1) is 0 Å². The van der Waals surface area contributed by atoms with E-state index in [1.165, 1.54) is 0 Å². The van der Waals surface area contributed by atoms with Gasteiger partial charge in [0.1, 0.15) is 0 Å². The molecule has 1 aromatic heterocycles. The van der Waals surface area contributed by atoms with Crippen LogP contribution in [0.2, 0.25) is 0 Å². The lowest BCUT2D eigenvalue weighted by Gasteiger charge is -2.02. The van der Waals surface area contributed by atoms with Gasteiger partial charge in [-0.2, -0.15) is 0 Å². The molecule has 0 saturated heterocycles. The predicted molar refractivity (Wildman–Crippen MR) is 81.5 cm³/mol. The Balaban J connectivity index is 2.06. The number of halogens is 2. The number of carbonyl (C=O) groups excluding carboxylic acids is 1. The van der Waals surface area contributed by atoms with Gasteiger partial charge in [0.15, 0.2) is 10.4 Å². The lowest BCUT2D eigenvalue weighted by atomic mass is 10.0. The summed E-state index contributed by atoms with van der Waals surface area (Å²) in [5.74, 6) is 0.221. The zero-order valence-corrected chi connectivity index (χ0v) is 12.9. The van der Waals surface area contributed by atoms with Crippen LogP contribution in [0.1, 0.15) is 16.1 Å². The molecule has 1 heterocycles. The van der Waals surface area contributed by atoms with E-state index in [4.69, 9.17) is 4.42 Å². The summed E-state index contributed by atoms with van der Waals surface area (Å²) in [5.41, 5.74) is 0.622. The molecule has 0 aliphatic rings. The first kappa shape index (κ1) is 12.6. The normalized spacial score (nSPS) is 10.8. The first-order valence-electron chi connectivity index (χ1n) is 5.63. The van der Waals surface area contributed by atoms with E-state index in [2.05, 4.69) is 31.9 Å². The standard InChI is InChI=1S/C15H8Br2O2/c16-12-4-3-9-7-11(2-1-10(9)8-12)15(18)13-5-6-14(17)19-13/h1-8H. The molecule has 0 N–H and O–H groups in total. The quantitative estimate of drug-likeness (QED) is 0.573. The van der Waals surface area contributed by atoms with Crippen molar-refractivity contribution in [2.75, 3.05) is 0 Å². The van der Waals surface area contributed by atoms with E-state index < -0.39 is 0 Å². The minimum absolute atomic E-state index is 0.115. The Bertz CT molecular complexity index is 775. The molecule has 0 amide bonds. The number of benzene rings is 2. The summed E-state index contributed by atoms with van der Waals surface area (Å²) in [6.45, 7) is 0. The molecule has 94 valence electrons. The maximum Gasteiger partial charge on any atom is 0.228 e. The predicted octanol–water partition coefficient (Wildman–Crippen LogP) is 5.19. The monoisotopic (exact) mass is 378 g/mol. The van der Waals surface area contributed by atoms with Gasteiger partial charge in [0.25, 0.3) is 0 Å². The van der Waals surface area contributed by atoms with E-state index in [9.17, 15) is 4.79 Å². The van der Waals surface area contributed by atoms with E-state index in [-0.39, 0.29) is 5.78 Å². The van der Waals surface area contributed by atoms with Crippen molar-refractivity contribution in [3.05, 3.63) is 69.0 Å². The highest BCUT2D eigenvalue weighted by atomic mass is 79.9. The Kier molecular flexibility index (Phi) is 3.29. The number of ketones is 1. The van der Waals surface area contributed by atoms with Crippen LogP contribution in [-0.2, 0) is 0 Å². The maximum absolute atomic E-state index is 12.2. The molecule has 0 radical (unpaired) electrons. The van der Waals surface area contributed by atoms with Crippen LogP contribution in [0.25, 0.3) is 10.8 Å². The van der Waals surface area contributed by atoms with Crippen molar-refractivity contribution in [2.45, 2.75) is 0 Å². The van der Waals surface area contributed by atoms with Gasteiger partial charge in [0.2, 0.25) is 5.78 Å². The van der Waals surface area contributed by atoms with E-state index >= 15 is 0 Å². The SMILES string of the molecule is O=C(c1ccc2cc(Br)ccc2c1)c1ccc(Br)o1. The lowest BCUT2D eigenvalue weighted by Crippen LogP contribution is -1.99. The number of furan rings is 1. The van der Waals surface area contributed by atoms with Gasteiger partial charge in [0, 0.05) is 10.0 Å². The van der Waals surface area contributed by atoms with Gasteiger partial charge in [-0.25, -0.2) is 0 Å². The fraction of sp³-hybridized carbons (Fsp3) is 0. The van der Waals surface area contributed by atoms with Crippen LogP contribution >= 0.6 is 31.9 Å². The van der Waals surface area contributed by atoms with Crippen molar-refractivity contribution in [2.24, 2.45) is 0 Å². The fourth-order valence-corrected chi connectivity index (χ4v) is 2.62. The van der Waals surface area contributed by atoms with Gasteiger partial charge < -0.3 is 4.42 Å². The van der Waals surface area contributed by atoms with Crippen LogP contribution in [0.15, 0.2) is 62.1 Å². The van der Waals surface area contributed by atoms with Crippen LogP contribution in [0.3, 0.4) is 0 Å². The minimum atomic E-state index is -0.115. The highest BCUT2D eigenvalue weighted by Crippen LogP contribution is 2.23. The molecule has 3 rings (SSSR count). The third kappa shape index (κ3) is 2.51. The van der Waals surface area contributed by atoms with Crippen LogP contribution in [-0.4, -0.2) is 5.78 Å². The molecule has 2 nitrogen and oxygen atoms in total. The van der Waals surface area contributed by atoms with Crippen molar-refractivity contribution in [1.29, 1.82) is 0 Å². The summed E-state index contributed by atoms with van der Waals surface area (Å²) in [5, 5.41) is 2.12. The van der Waals surface area contributed by atoms with Crippen molar-refractivity contribution < 1.29 is 9.21 Å². The number of carbonyl (C=O) groups is 1. The largest absolute Gasteiger partial charge is 0.446 e. The van der Waals surface area contributed by atoms with Gasteiger partial charge in [0.05, 0.1) is 0 Å². The molecule has 2 aromatic carbocycles. The van der Waals surface area contributed by atoms with Crippen molar-refractivity contribution in [3.63, 3.8) is 0 Å². The molecular weight excluding hydrogens is 372 g/mol. The van der Waals surface area contributed by atoms with Gasteiger partial charge in [-0.3, -0.25) is 4.79 Å². The molecule has 0 aliphatic heterocycles. The molecule has 0 unspecified atom stereocenters. The number of hydrogen-bond acceptors (Lipinski definition) is 2. The average Bonchev–Trinajstić information content (AvgIpc) is 2.84. The summed E-state index contributed by atoms with van der Waals surface area (Å²) in [4.78, 5) is 12.2. The zero-order valence-electron chi connectivity index (χ0n) is 9.69. The third-order valence-electron chi connectivity index (χ3n) is 2.86. The Morgan fingerprint density at radius 2 is 1.63 bits per heavy atom. The molecule has 4 heteroatoms. The highest BCUT2D eigenvalue weighted by Gasteiger charge is 2.13. The second-order valence-corrected chi connectivity index (χ2v) is 5.84. The Hall–Kier alpha value is -1.39. The average molecular weight is 380 g/mol. The summed E-state index contributed by atoms with van der Waals surface area (Å²) in [7, 11) is 0. The molecule has 0 fully saturated rings. The topological polar surface area (TPSA) is 30.2 Å². The van der Waals surface area contributed by atoms with Gasteiger partial charge in [-0.05, 0) is 57.0 Å². The number of fused-ring (bicyclic) bond motifs is 1. The van der Waals surface area contributed by atoms with Crippen LogP contribution < -0.4 is 0 Å². The zero-order chi connectivity index (χ0) is 13.4. The summed E-state index contributed by atoms with van der Waals surface area (Å²) in [6, 6.07) is 15.0. The number of rotatable bonds is 2. The summed E-state index contributed by atoms with van der Waals surface area (Å²) in [6.07, 6.45) is 0. The smallest absolute Gasteiger partial charge is 0.228 e. The summed E-state index contributed by atoms with van der Waals surface area (Å²) < 4.78 is 6.87. The second-order valence-electron chi connectivity index (χ2n) is 4.14. The van der Waals surface area contributed by atoms with E-state index in [0.717, 1.165) is 15.2 Å². The highest BCUT2D eigenvalue weighted by molar-refractivity contribution is 9.10. The molecule has 0 saturated carbocycles. The summed E-state index contributed by atoms with van der Waals surface area (Å²) >= 11 is 6.63. The van der Waals surface area contributed by atoms with Crippen LogP contribution in [0.4, 0.5) is 0 Å². The van der Waals surface area contributed by atoms with Crippen LogP contribution in [0, 0.1) is 0 Å². The second kappa shape index (κ2) is 4.94. The lowest BCUT2D eigenvalue weighted by molar-refractivity contribution is 0.101. The first-order valence-corrected chi connectivity index (χ1v) is 7.21. The Morgan fingerprint density at radius 1 is 0.895 bits per heavy atom. The molecule has 19 heavy (non-hydrogen) atoms. The fourth-order valence-electron chi connectivity index (χ4n) is 1.94. The van der Waals surface area contributed by atoms with E-state index in [0.29, 0.717) is 16.0 Å². The van der Waals surface area contributed by atoms with Crippen molar-refractivity contribution in [3.8, 4) is 0 Å². The maximum atomic E-state index is 12.2. The van der Waals surface area contributed by atoms with E-state index in [1.54, 1.807) is 12.1 Å². The number of hydrogen-bond donors (Lipinski definition) is 0. The van der Waals surface area contributed by atoms with Crippen LogP contribution in [0.5, 0.6) is 0 Å². The first-order chi connectivity index (χ1) is 9.13. The molecule has 0 aliphatic carbocycles. The Labute approximate surface area is 126 Å².